The molecule has 0 atom stereocenters. The highest BCUT2D eigenvalue weighted by molar-refractivity contribution is 6.31. The van der Waals surface area contributed by atoms with E-state index in [1.165, 1.54) is 6.07 Å². The zero-order valence-electron chi connectivity index (χ0n) is 10.2. The first kappa shape index (κ1) is 13.3. The van der Waals surface area contributed by atoms with E-state index in [9.17, 15) is 4.79 Å². The fourth-order valence-electron chi connectivity index (χ4n) is 1.63. The minimum absolute atomic E-state index is 0.0404. The van der Waals surface area contributed by atoms with Crippen LogP contribution in [0.1, 0.15) is 21.9 Å². The van der Waals surface area contributed by atoms with Crippen molar-refractivity contribution in [2.75, 3.05) is 12.4 Å². The fourth-order valence-corrected chi connectivity index (χ4v) is 1.83. The Morgan fingerprint density at radius 3 is 2.74 bits per heavy atom. The number of aromatic carboxylic acids is 1. The molecule has 0 spiro atoms. The highest BCUT2D eigenvalue weighted by Crippen LogP contribution is 2.18. The van der Waals surface area contributed by atoms with Gasteiger partial charge in [0.2, 0.25) is 0 Å². The van der Waals surface area contributed by atoms with Crippen LogP contribution in [0.15, 0.2) is 30.3 Å². The van der Waals surface area contributed by atoms with Gasteiger partial charge in [0.25, 0.3) is 0 Å². The lowest BCUT2D eigenvalue weighted by Gasteiger charge is -2.06. The Morgan fingerprint density at radius 2 is 2.11 bits per heavy atom. The zero-order valence-corrected chi connectivity index (χ0v) is 11.0. The molecule has 19 heavy (non-hydrogen) atoms. The first-order valence-electron chi connectivity index (χ1n) is 5.62. The van der Waals surface area contributed by atoms with Crippen LogP contribution in [-0.2, 0) is 6.42 Å². The number of halogens is 1. The molecule has 0 aliphatic heterocycles. The molecule has 0 radical (unpaired) electrons. The maximum atomic E-state index is 11.0. The minimum atomic E-state index is -1.08. The Kier molecular flexibility index (Phi) is 3.97. The Hall–Kier alpha value is -2.14. The van der Waals surface area contributed by atoms with Gasteiger partial charge < -0.3 is 10.4 Å². The van der Waals surface area contributed by atoms with Gasteiger partial charge in [0, 0.05) is 24.6 Å². The smallest absolute Gasteiger partial charge is 0.354 e. The van der Waals surface area contributed by atoms with Gasteiger partial charge in [0.15, 0.2) is 5.69 Å². The van der Waals surface area contributed by atoms with Gasteiger partial charge in [0.05, 0.1) is 0 Å². The van der Waals surface area contributed by atoms with Gasteiger partial charge in [-0.05, 0) is 11.6 Å². The van der Waals surface area contributed by atoms with Crippen LogP contribution in [0, 0.1) is 0 Å². The van der Waals surface area contributed by atoms with E-state index in [-0.39, 0.29) is 5.69 Å². The monoisotopic (exact) mass is 277 g/mol. The summed E-state index contributed by atoms with van der Waals surface area (Å²) in [6, 6.07) is 8.72. The second-order valence-corrected chi connectivity index (χ2v) is 4.29. The molecule has 6 heteroatoms. The van der Waals surface area contributed by atoms with Crippen LogP contribution < -0.4 is 5.32 Å². The van der Waals surface area contributed by atoms with Gasteiger partial charge in [-0.15, -0.1) is 0 Å². The van der Waals surface area contributed by atoms with E-state index in [0.29, 0.717) is 23.1 Å². The van der Waals surface area contributed by atoms with Gasteiger partial charge in [-0.3, -0.25) is 0 Å². The molecular formula is C13H12ClN3O2. The SMILES string of the molecule is CNc1cc(C(=O)O)nc(Cc2ccccc2Cl)n1. The molecule has 2 N–H and O–H groups in total. The van der Waals surface area contributed by atoms with E-state index in [1.807, 2.05) is 18.2 Å². The van der Waals surface area contributed by atoms with Crippen molar-refractivity contribution in [3.05, 3.63) is 52.4 Å². The molecule has 1 heterocycles. The molecule has 0 bridgehead atoms. The first-order valence-corrected chi connectivity index (χ1v) is 6.00. The van der Waals surface area contributed by atoms with Crippen LogP contribution in [0.2, 0.25) is 5.02 Å². The van der Waals surface area contributed by atoms with Crippen molar-refractivity contribution in [1.29, 1.82) is 0 Å². The third kappa shape index (κ3) is 3.20. The third-order valence-electron chi connectivity index (χ3n) is 2.55. The first-order chi connectivity index (χ1) is 9.10. The highest BCUT2D eigenvalue weighted by atomic mass is 35.5. The predicted octanol–water partition coefficient (Wildman–Crippen LogP) is 2.46. The van der Waals surface area contributed by atoms with Gasteiger partial charge in [0.1, 0.15) is 11.6 Å². The summed E-state index contributed by atoms with van der Waals surface area (Å²) in [6.45, 7) is 0. The summed E-state index contributed by atoms with van der Waals surface area (Å²) in [7, 11) is 1.67. The molecular weight excluding hydrogens is 266 g/mol. The molecule has 2 aromatic rings. The number of benzene rings is 1. The van der Waals surface area contributed by atoms with Crippen molar-refractivity contribution in [3.63, 3.8) is 0 Å². The average Bonchev–Trinajstić information content (AvgIpc) is 2.41. The quantitative estimate of drug-likeness (QED) is 0.898. The topological polar surface area (TPSA) is 75.1 Å². The van der Waals surface area contributed by atoms with Crippen LogP contribution in [0.4, 0.5) is 5.82 Å². The molecule has 0 fully saturated rings. The molecule has 98 valence electrons. The second kappa shape index (κ2) is 5.67. The van der Waals surface area contributed by atoms with Crippen molar-refractivity contribution in [3.8, 4) is 0 Å². The van der Waals surface area contributed by atoms with Gasteiger partial charge in [-0.2, -0.15) is 0 Å². The summed E-state index contributed by atoms with van der Waals surface area (Å²) in [5, 5.41) is 12.4. The molecule has 5 nitrogen and oxygen atoms in total. The predicted molar refractivity (Wildman–Crippen MR) is 72.8 cm³/mol. The number of hydrogen-bond acceptors (Lipinski definition) is 4. The summed E-state index contributed by atoms with van der Waals surface area (Å²) >= 11 is 6.06. The van der Waals surface area contributed by atoms with E-state index in [1.54, 1.807) is 13.1 Å². The highest BCUT2D eigenvalue weighted by Gasteiger charge is 2.11. The van der Waals surface area contributed by atoms with Crippen LogP contribution in [0.3, 0.4) is 0 Å². The fraction of sp³-hybridized carbons (Fsp3) is 0.154. The number of nitrogens with one attached hydrogen (secondary N) is 1. The van der Waals surface area contributed by atoms with Crippen LogP contribution in [0.25, 0.3) is 0 Å². The number of carboxylic acids is 1. The Morgan fingerprint density at radius 1 is 1.37 bits per heavy atom. The Bertz CT molecular complexity index is 617. The number of rotatable bonds is 4. The average molecular weight is 278 g/mol. The van der Waals surface area contributed by atoms with Gasteiger partial charge in [-0.25, -0.2) is 14.8 Å². The standard InChI is InChI=1S/C13H12ClN3O2/c1-15-11-7-10(13(18)19)16-12(17-11)6-8-4-2-3-5-9(8)14/h2-5,7H,6H2,1H3,(H,18,19)(H,15,16,17). The van der Waals surface area contributed by atoms with Gasteiger partial charge >= 0.3 is 5.97 Å². The van der Waals surface area contributed by atoms with Crippen molar-refractivity contribution in [2.24, 2.45) is 0 Å². The van der Waals surface area contributed by atoms with Crippen molar-refractivity contribution in [1.82, 2.24) is 9.97 Å². The maximum absolute atomic E-state index is 11.0. The summed E-state index contributed by atoms with van der Waals surface area (Å²) < 4.78 is 0. The molecule has 0 aliphatic carbocycles. The lowest BCUT2D eigenvalue weighted by Crippen LogP contribution is -2.08. The van der Waals surface area contributed by atoms with E-state index < -0.39 is 5.97 Å². The van der Waals surface area contributed by atoms with E-state index in [4.69, 9.17) is 16.7 Å². The van der Waals surface area contributed by atoms with E-state index in [0.717, 1.165) is 5.56 Å². The van der Waals surface area contributed by atoms with Crippen molar-refractivity contribution < 1.29 is 9.90 Å². The summed E-state index contributed by atoms with van der Waals surface area (Å²) in [6.07, 6.45) is 0.384. The number of aromatic nitrogens is 2. The number of carboxylic acid groups (broad SMARTS) is 1. The minimum Gasteiger partial charge on any atom is -0.477 e. The molecule has 0 saturated carbocycles. The molecule has 0 unspecified atom stereocenters. The van der Waals surface area contributed by atoms with Crippen molar-refractivity contribution in [2.45, 2.75) is 6.42 Å². The molecule has 1 aromatic carbocycles. The molecule has 0 saturated heterocycles. The second-order valence-electron chi connectivity index (χ2n) is 3.88. The normalized spacial score (nSPS) is 10.2. The molecule has 0 aliphatic rings. The number of anilines is 1. The van der Waals surface area contributed by atoms with E-state index >= 15 is 0 Å². The molecule has 0 amide bonds. The van der Waals surface area contributed by atoms with E-state index in [2.05, 4.69) is 15.3 Å². The number of carbonyl (C=O) groups is 1. The van der Waals surface area contributed by atoms with Crippen LogP contribution >= 0.6 is 11.6 Å². The summed E-state index contributed by atoms with van der Waals surface area (Å²) in [5.41, 5.74) is 0.815. The Balaban J connectivity index is 2.37. The number of nitrogens with zero attached hydrogens (tertiary/aromatic N) is 2. The Labute approximate surface area is 115 Å². The lowest BCUT2D eigenvalue weighted by molar-refractivity contribution is 0.0690. The third-order valence-corrected chi connectivity index (χ3v) is 2.92. The summed E-state index contributed by atoms with van der Waals surface area (Å²) in [5.74, 6) is -0.203. The van der Waals surface area contributed by atoms with Crippen LogP contribution in [-0.4, -0.2) is 28.1 Å². The van der Waals surface area contributed by atoms with Crippen LogP contribution in [0.5, 0.6) is 0 Å². The largest absolute Gasteiger partial charge is 0.477 e. The maximum Gasteiger partial charge on any atom is 0.354 e. The summed E-state index contributed by atoms with van der Waals surface area (Å²) in [4.78, 5) is 19.2. The van der Waals surface area contributed by atoms with Gasteiger partial charge in [-0.1, -0.05) is 29.8 Å². The molecule has 2 rings (SSSR count). The lowest BCUT2D eigenvalue weighted by atomic mass is 10.1. The molecule has 1 aromatic heterocycles. The zero-order chi connectivity index (χ0) is 13.8. The van der Waals surface area contributed by atoms with Crippen molar-refractivity contribution >= 4 is 23.4 Å². The number of hydrogen-bond donors (Lipinski definition) is 2.